The molecule has 2 aliphatic rings. The van der Waals surface area contributed by atoms with Crippen LogP contribution < -0.4 is 5.32 Å². The Bertz CT molecular complexity index is 733. The smallest absolute Gasteiger partial charge is 0.222 e. The van der Waals surface area contributed by atoms with Gasteiger partial charge in [-0.3, -0.25) is 9.88 Å². The van der Waals surface area contributed by atoms with E-state index in [0.717, 1.165) is 49.2 Å². The molecule has 2 atom stereocenters. The van der Waals surface area contributed by atoms with Crippen molar-refractivity contribution in [2.75, 3.05) is 38.2 Å². The molecule has 0 amide bonds. The van der Waals surface area contributed by atoms with Crippen LogP contribution in [0.25, 0.3) is 0 Å². The largest absolute Gasteiger partial charge is 0.377 e. The first kappa shape index (κ1) is 18.7. The molecule has 0 unspecified atom stereocenters. The first-order valence-corrected chi connectivity index (χ1v) is 10.1. The lowest BCUT2D eigenvalue weighted by molar-refractivity contribution is -0.0827. The van der Waals surface area contributed by atoms with Crippen LogP contribution in [0.4, 0.5) is 5.95 Å². The van der Waals surface area contributed by atoms with Crippen LogP contribution in [0, 0.1) is 0 Å². The van der Waals surface area contributed by atoms with Gasteiger partial charge in [-0.1, -0.05) is 0 Å². The minimum atomic E-state index is -0.240. The van der Waals surface area contributed by atoms with Crippen LogP contribution in [0.3, 0.4) is 0 Å². The van der Waals surface area contributed by atoms with Gasteiger partial charge < -0.3 is 14.8 Å². The predicted octanol–water partition coefficient (Wildman–Crippen LogP) is 2.50. The molecule has 2 aromatic heterocycles. The number of nitrogens with one attached hydrogen (secondary N) is 1. The topological polar surface area (TPSA) is 72.4 Å². The number of rotatable bonds is 5. The van der Waals surface area contributed by atoms with Crippen molar-refractivity contribution in [3.8, 4) is 0 Å². The van der Waals surface area contributed by atoms with E-state index in [4.69, 9.17) is 9.47 Å². The van der Waals surface area contributed by atoms with Gasteiger partial charge in [0.1, 0.15) is 5.60 Å². The fraction of sp³-hybridized carbons (Fsp3) is 0.526. The van der Waals surface area contributed by atoms with Crippen molar-refractivity contribution in [1.29, 1.82) is 0 Å². The van der Waals surface area contributed by atoms with Gasteiger partial charge in [0.05, 0.1) is 25.0 Å². The zero-order valence-corrected chi connectivity index (χ0v) is 16.8. The van der Waals surface area contributed by atoms with Gasteiger partial charge in [-0.05, 0) is 47.0 Å². The van der Waals surface area contributed by atoms with Crippen molar-refractivity contribution in [3.05, 3.63) is 47.0 Å². The van der Waals surface area contributed by atoms with Crippen molar-refractivity contribution in [3.63, 3.8) is 0 Å². The Hall–Kier alpha value is -1.61. The second-order valence-corrected chi connectivity index (χ2v) is 8.06. The van der Waals surface area contributed by atoms with E-state index in [2.05, 4.69) is 47.2 Å². The van der Waals surface area contributed by atoms with Crippen molar-refractivity contribution < 1.29 is 9.47 Å². The van der Waals surface area contributed by atoms with E-state index in [9.17, 15) is 0 Å². The van der Waals surface area contributed by atoms with Crippen LogP contribution in [0.2, 0.25) is 0 Å². The van der Waals surface area contributed by atoms with Crippen molar-refractivity contribution >= 4 is 21.9 Å². The Morgan fingerprint density at radius 2 is 2.15 bits per heavy atom. The van der Waals surface area contributed by atoms with Crippen LogP contribution in [-0.2, 0) is 16.0 Å². The zero-order valence-electron chi connectivity index (χ0n) is 15.2. The maximum absolute atomic E-state index is 6.47. The summed E-state index contributed by atoms with van der Waals surface area (Å²) in [7, 11) is 0. The highest BCUT2D eigenvalue weighted by atomic mass is 79.9. The molecule has 144 valence electrons. The average molecular weight is 434 g/mol. The molecule has 1 spiro atoms. The molecule has 0 bridgehead atoms. The lowest BCUT2D eigenvalue weighted by atomic mass is 10.00. The van der Waals surface area contributed by atoms with Crippen LogP contribution in [-0.4, -0.2) is 64.4 Å². The minimum absolute atomic E-state index is 0.142. The lowest BCUT2D eigenvalue weighted by Gasteiger charge is -2.31. The van der Waals surface area contributed by atoms with Gasteiger partial charge in [-0.15, -0.1) is 0 Å². The van der Waals surface area contributed by atoms with Gasteiger partial charge in [0.2, 0.25) is 5.95 Å². The molecule has 0 aliphatic carbocycles. The summed E-state index contributed by atoms with van der Waals surface area (Å²) in [6.45, 7) is 4.65. The molecule has 2 saturated heterocycles. The van der Waals surface area contributed by atoms with Crippen LogP contribution in [0.1, 0.15) is 18.5 Å². The number of ether oxygens (including phenoxy) is 2. The number of hydrogen-bond acceptors (Lipinski definition) is 7. The number of anilines is 1. The van der Waals surface area contributed by atoms with Gasteiger partial charge >= 0.3 is 0 Å². The van der Waals surface area contributed by atoms with E-state index in [1.165, 1.54) is 0 Å². The van der Waals surface area contributed by atoms with E-state index in [0.29, 0.717) is 19.1 Å². The zero-order chi connectivity index (χ0) is 18.5. The fourth-order valence-electron chi connectivity index (χ4n) is 3.71. The summed E-state index contributed by atoms with van der Waals surface area (Å²) in [6, 6.07) is 5.90. The second kappa shape index (κ2) is 8.60. The number of hydrogen-bond donors (Lipinski definition) is 1. The molecule has 4 rings (SSSR count). The third-order valence-electron chi connectivity index (χ3n) is 5.00. The highest BCUT2D eigenvalue weighted by Gasteiger charge is 2.43. The van der Waals surface area contributed by atoms with E-state index >= 15 is 0 Å². The molecule has 27 heavy (non-hydrogen) atoms. The Kier molecular flexibility index (Phi) is 5.97. The first-order chi connectivity index (χ1) is 13.2. The van der Waals surface area contributed by atoms with Crippen LogP contribution in [0.15, 0.2) is 41.3 Å². The molecular weight excluding hydrogens is 410 g/mol. The molecule has 2 fully saturated rings. The van der Waals surface area contributed by atoms with E-state index in [1.807, 2.05) is 18.3 Å². The standard InChI is InChI=1S/C19H24BrN5O2/c20-15-2-3-16(23-10-15)12-25-8-9-26-14-19(13-25)5-4-17(27-19)11-24-18-21-6-1-7-22-18/h1-3,6-7,10,17H,4-5,8-9,11-14H2,(H,21,22,24)/t17-,19+/m0/s1. The summed E-state index contributed by atoms with van der Waals surface area (Å²) in [5.74, 6) is 0.641. The summed E-state index contributed by atoms with van der Waals surface area (Å²) in [5, 5.41) is 3.26. The average Bonchev–Trinajstić information content (AvgIpc) is 2.98. The molecule has 2 aromatic rings. The molecular formula is C19H24BrN5O2. The predicted molar refractivity (Wildman–Crippen MR) is 105 cm³/mol. The maximum atomic E-state index is 6.47. The Labute approximate surface area is 167 Å². The third-order valence-corrected chi connectivity index (χ3v) is 5.46. The first-order valence-electron chi connectivity index (χ1n) is 9.30. The van der Waals surface area contributed by atoms with E-state index in [-0.39, 0.29) is 11.7 Å². The normalized spacial score (nSPS) is 26.2. The van der Waals surface area contributed by atoms with Gasteiger partial charge in [0.15, 0.2) is 0 Å². The Morgan fingerprint density at radius 3 is 2.96 bits per heavy atom. The highest BCUT2D eigenvalue weighted by Crippen LogP contribution is 2.33. The van der Waals surface area contributed by atoms with Gasteiger partial charge in [0, 0.05) is 49.2 Å². The van der Waals surface area contributed by atoms with Crippen molar-refractivity contribution in [1.82, 2.24) is 19.9 Å². The quantitative estimate of drug-likeness (QED) is 0.776. The summed E-state index contributed by atoms with van der Waals surface area (Å²) >= 11 is 3.44. The third kappa shape index (κ3) is 5.01. The van der Waals surface area contributed by atoms with Gasteiger partial charge in [0.25, 0.3) is 0 Å². The number of pyridine rings is 1. The van der Waals surface area contributed by atoms with Crippen molar-refractivity contribution in [2.45, 2.75) is 31.1 Å². The molecule has 0 aromatic carbocycles. The molecule has 4 heterocycles. The molecule has 1 N–H and O–H groups in total. The van der Waals surface area contributed by atoms with Gasteiger partial charge in [-0.2, -0.15) is 0 Å². The number of halogens is 1. The van der Waals surface area contributed by atoms with Crippen LogP contribution >= 0.6 is 15.9 Å². The summed E-state index contributed by atoms with van der Waals surface area (Å²) < 4.78 is 13.4. The van der Waals surface area contributed by atoms with Crippen LogP contribution in [0.5, 0.6) is 0 Å². The summed E-state index contributed by atoms with van der Waals surface area (Å²) in [6.07, 6.45) is 7.47. The second-order valence-electron chi connectivity index (χ2n) is 7.15. The Balaban J connectivity index is 1.34. The van der Waals surface area contributed by atoms with Gasteiger partial charge in [-0.25, -0.2) is 9.97 Å². The highest BCUT2D eigenvalue weighted by molar-refractivity contribution is 9.10. The Morgan fingerprint density at radius 1 is 1.26 bits per heavy atom. The molecule has 0 radical (unpaired) electrons. The van der Waals surface area contributed by atoms with E-state index in [1.54, 1.807) is 12.4 Å². The molecule has 7 nitrogen and oxygen atoms in total. The fourth-order valence-corrected chi connectivity index (χ4v) is 3.94. The maximum Gasteiger partial charge on any atom is 0.222 e. The van der Waals surface area contributed by atoms with Crippen molar-refractivity contribution in [2.24, 2.45) is 0 Å². The number of nitrogens with zero attached hydrogens (tertiary/aromatic N) is 4. The number of aromatic nitrogens is 3. The SMILES string of the molecule is Brc1ccc(CN2CCOC[C@@]3(CC[C@@H](CNc4ncccn4)O3)C2)nc1. The lowest BCUT2D eigenvalue weighted by Crippen LogP contribution is -2.44. The molecule has 2 aliphatic heterocycles. The minimum Gasteiger partial charge on any atom is -0.377 e. The molecule has 8 heteroatoms. The van der Waals surface area contributed by atoms with E-state index < -0.39 is 0 Å². The summed E-state index contributed by atoms with van der Waals surface area (Å²) in [5.41, 5.74) is 0.822. The molecule has 0 saturated carbocycles. The monoisotopic (exact) mass is 433 g/mol. The summed E-state index contributed by atoms with van der Waals surface area (Å²) in [4.78, 5) is 15.3.